The Morgan fingerprint density at radius 3 is 2.56 bits per heavy atom. The smallest absolute Gasteiger partial charge is 0.305 e. The lowest BCUT2D eigenvalue weighted by Crippen LogP contribution is -2.20. The Labute approximate surface area is 146 Å². The van der Waals surface area contributed by atoms with Crippen molar-refractivity contribution in [3.8, 4) is 5.75 Å². The maximum absolute atomic E-state index is 11.8. The van der Waals surface area contributed by atoms with E-state index < -0.39 is 0 Å². The van der Waals surface area contributed by atoms with Crippen LogP contribution in [-0.2, 0) is 27.3 Å². The maximum Gasteiger partial charge on any atom is 0.305 e. The van der Waals surface area contributed by atoms with Gasteiger partial charge in [0.25, 0.3) is 0 Å². The lowest BCUT2D eigenvalue weighted by atomic mass is 10.2. The number of carbonyl (C=O) groups excluding carboxylic acids is 2. The number of aryl methyl sites for hydroxylation is 1. The summed E-state index contributed by atoms with van der Waals surface area (Å²) in [7, 11) is 2.96. The van der Waals surface area contributed by atoms with Gasteiger partial charge in [-0.15, -0.1) is 0 Å². The van der Waals surface area contributed by atoms with Crippen molar-refractivity contribution in [2.45, 2.75) is 19.4 Å². The van der Waals surface area contributed by atoms with Crippen LogP contribution in [0, 0.1) is 0 Å². The predicted molar refractivity (Wildman–Crippen MR) is 92.9 cm³/mol. The minimum atomic E-state index is -0.286. The summed E-state index contributed by atoms with van der Waals surface area (Å²) in [6, 6.07) is 11.0. The Morgan fingerprint density at radius 1 is 1.12 bits per heavy atom. The van der Waals surface area contributed by atoms with Crippen LogP contribution in [-0.4, -0.2) is 26.1 Å². The highest BCUT2D eigenvalue weighted by Crippen LogP contribution is 2.12. The molecular weight excluding hydrogens is 322 g/mol. The molecule has 1 aromatic heterocycles. The van der Waals surface area contributed by atoms with E-state index in [0.29, 0.717) is 24.5 Å². The fourth-order valence-corrected chi connectivity index (χ4v) is 2.10. The first-order valence-electron chi connectivity index (χ1n) is 7.85. The van der Waals surface area contributed by atoms with Crippen molar-refractivity contribution >= 4 is 18.0 Å². The predicted octanol–water partition coefficient (Wildman–Crippen LogP) is 2.72. The second-order valence-electron chi connectivity index (χ2n) is 5.28. The van der Waals surface area contributed by atoms with Gasteiger partial charge in [-0.1, -0.05) is 12.1 Å². The highest BCUT2D eigenvalue weighted by Gasteiger charge is 2.05. The van der Waals surface area contributed by atoms with Crippen LogP contribution >= 0.6 is 0 Å². The van der Waals surface area contributed by atoms with Crippen LogP contribution in [0.15, 0.2) is 46.9 Å². The molecule has 0 radical (unpaired) electrons. The van der Waals surface area contributed by atoms with E-state index in [-0.39, 0.29) is 18.3 Å². The SMILES string of the molecule is COC(=O)CCc1ccc(/C=C/C(=O)NCc2ccc(OC)cc2)o1. The quantitative estimate of drug-likeness (QED) is 0.589. The van der Waals surface area contributed by atoms with Crippen molar-refractivity contribution in [3.63, 3.8) is 0 Å². The summed E-state index contributed by atoms with van der Waals surface area (Å²) in [5.74, 6) is 1.49. The number of benzene rings is 1. The van der Waals surface area contributed by atoms with Gasteiger partial charge in [0.15, 0.2) is 0 Å². The molecule has 132 valence electrons. The standard InChI is InChI=1S/C19H21NO5/c1-23-15-5-3-14(4-6-15)13-20-18(21)11-9-16-7-8-17(25-16)10-12-19(22)24-2/h3-9,11H,10,12-13H2,1-2H3,(H,20,21)/b11-9+. The second kappa shape index (κ2) is 9.32. The number of rotatable bonds is 8. The first-order valence-corrected chi connectivity index (χ1v) is 7.85. The molecule has 0 saturated carbocycles. The third-order valence-corrected chi connectivity index (χ3v) is 3.51. The highest BCUT2D eigenvalue weighted by molar-refractivity contribution is 5.91. The van der Waals surface area contributed by atoms with Gasteiger partial charge in [-0.3, -0.25) is 9.59 Å². The van der Waals surface area contributed by atoms with Crippen LogP contribution in [0.5, 0.6) is 5.75 Å². The van der Waals surface area contributed by atoms with E-state index in [0.717, 1.165) is 11.3 Å². The van der Waals surface area contributed by atoms with Gasteiger partial charge in [0.2, 0.25) is 5.91 Å². The zero-order chi connectivity index (χ0) is 18.1. The molecule has 1 aromatic carbocycles. The monoisotopic (exact) mass is 343 g/mol. The van der Waals surface area contributed by atoms with Crippen LogP contribution < -0.4 is 10.1 Å². The number of hydrogen-bond acceptors (Lipinski definition) is 5. The Kier molecular flexibility index (Phi) is 6.83. The van der Waals surface area contributed by atoms with Gasteiger partial charge < -0.3 is 19.2 Å². The van der Waals surface area contributed by atoms with E-state index in [1.54, 1.807) is 25.3 Å². The summed E-state index contributed by atoms with van der Waals surface area (Å²) in [5.41, 5.74) is 0.977. The van der Waals surface area contributed by atoms with E-state index in [4.69, 9.17) is 9.15 Å². The first kappa shape index (κ1) is 18.3. The molecule has 2 rings (SSSR count). The lowest BCUT2D eigenvalue weighted by Gasteiger charge is -2.04. The number of furan rings is 1. The summed E-state index contributed by atoms with van der Waals surface area (Å²) in [6.07, 6.45) is 3.72. The Hall–Kier alpha value is -3.02. The van der Waals surface area contributed by atoms with E-state index in [2.05, 4.69) is 10.1 Å². The Bertz CT molecular complexity index is 731. The van der Waals surface area contributed by atoms with Crippen molar-refractivity contribution in [3.05, 3.63) is 59.6 Å². The zero-order valence-corrected chi connectivity index (χ0v) is 14.3. The minimum absolute atomic E-state index is 0.219. The average Bonchev–Trinajstić information content (AvgIpc) is 3.11. The fraction of sp³-hybridized carbons (Fsp3) is 0.263. The number of methoxy groups -OCH3 is 2. The Balaban J connectivity index is 1.79. The average molecular weight is 343 g/mol. The van der Waals surface area contributed by atoms with Crippen LogP contribution in [0.1, 0.15) is 23.5 Å². The molecule has 0 atom stereocenters. The second-order valence-corrected chi connectivity index (χ2v) is 5.28. The van der Waals surface area contributed by atoms with Crippen LogP contribution in [0.3, 0.4) is 0 Å². The highest BCUT2D eigenvalue weighted by atomic mass is 16.5. The van der Waals surface area contributed by atoms with E-state index >= 15 is 0 Å². The van der Waals surface area contributed by atoms with Crippen LogP contribution in [0.4, 0.5) is 0 Å². The number of hydrogen-bond donors (Lipinski definition) is 1. The third kappa shape index (κ3) is 6.18. The van der Waals surface area contributed by atoms with Crippen molar-refractivity contribution in [2.75, 3.05) is 14.2 Å². The van der Waals surface area contributed by atoms with Crippen molar-refractivity contribution < 1.29 is 23.5 Å². The summed E-state index contributed by atoms with van der Waals surface area (Å²) < 4.78 is 15.2. The van der Waals surface area contributed by atoms with Gasteiger partial charge in [0.05, 0.1) is 20.6 Å². The number of carbonyl (C=O) groups is 2. The van der Waals surface area contributed by atoms with Gasteiger partial charge in [-0.2, -0.15) is 0 Å². The third-order valence-electron chi connectivity index (χ3n) is 3.51. The van der Waals surface area contributed by atoms with Gasteiger partial charge in [0, 0.05) is 19.0 Å². The largest absolute Gasteiger partial charge is 0.497 e. The van der Waals surface area contributed by atoms with Gasteiger partial charge in [-0.25, -0.2) is 0 Å². The van der Waals surface area contributed by atoms with Crippen molar-refractivity contribution in [2.24, 2.45) is 0 Å². The molecule has 25 heavy (non-hydrogen) atoms. The van der Waals surface area contributed by atoms with E-state index in [9.17, 15) is 9.59 Å². The van der Waals surface area contributed by atoms with E-state index in [1.807, 2.05) is 24.3 Å². The molecule has 0 aliphatic heterocycles. The number of amides is 1. The van der Waals surface area contributed by atoms with Gasteiger partial charge >= 0.3 is 5.97 Å². The van der Waals surface area contributed by atoms with Crippen LogP contribution in [0.2, 0.25) is 0 Å². The molecule has 1 N–H and O–H groups in total. The lowest BCUT2D eigenvalue weighted by molar-refractivity contribution is -0.140. The van der Waals surface area contributed by atoms with Gasteiger partial charge in [0.1, 0.15) is 17.3 Å². The molecule has 0 fully saturated rings. The van der Waals surface area contributed by atoms with Crippen molar-refractivity contribution in [1.29, 1.82) is 0 Å². The molecule has 0 spiro atoms. The molecule has 6 heteroatoms. The fourth-order valence-electron chi connectivity index (χ4n) is 2.10. The molecule has 1 amide bonds. The minimum Gasteiger partial charge on any atom is -0.497 e. The Morgan fingerprint density at radius 2 is 1.88 bits per heavy atom. The van der Waals surface area contributed by atoms with Crippen molar-refractivity contribution in [1.82, 2.24) is 5.32 Å². The van der Waals surface area contributed by atoms with E-state index in [1.165, 1.54) is 13.2 Å². The topological polar surface area (TPSA) is 77.8 Å². The molecule has 0 unspecified atom stereocenters. The molecular formula is C19H21NO5. The first-order chi connectivity index (χ1) is 12.1. The number of nitrogens with one attached hydrogen (secondary N) is 1. The maximum atomic E-state index is 11.8. The summed E-state index contributed by atoms with van der Waals surface area (Å²) >= 11 is 0. The summed E-state index contributed by atoms with van der Waals surface area (Å²) in [4.78, 5) is 22.9. The normalized spacial score (nSPS) is 10.6. The number of ether oxygens (including phenoxy) is 2. The molecule has 0 aliphatic carbocycles. The molecule has 6 nitrogen and oxygen atoms in total. The molecule has 0 bridgehead atoms. The zero-order valence-electron chi connectivity index (χ0n) is 14.3. The number of esters is 1. The molecule has 0 aliphatic rings. The summed E-state index contributed by atoms with van der Waals surface area (Å²) in [5, 5.41) is 2.79. The van der Waals surface area contributed by atoms with Crippen LogP contribution in [0.25, 0.3) is 6.08 Å². The molecule has 1 heterocycles. The molecule has 2 aromatic rings. The van der Waals surface area contributed by atoms with Gasteiger partial charge in [-0.05, 0) is 35.9 Å². The summed E-state index contributed by atoms with van der Waals surface area (Å²) in [6.45, 7) is 0.426. The molecule has 0 saturated heterocycles.